The second-order valence-electron chi connectivity index (χ2n) is 4.50. The summed E-state index contributed by atoms with van der Waals surface area (Å²) in [4.78, 5) is 0. The van der Waals surface area contributed by atoms with Crippen molar-refractivity contribution in [2.75, 3.05) is 25.3 Å². The van der Waals surface area contributed by atoms with E-state index in [1.807, 2.05) is 31.2 Å². The maximum absolute atomic E-state index is 11.7. The molecule has 1 N–H and O–H groups in total. The molecule has 1 aromatic carbocycles. The van der Waals surface area contributed by atoms with Crippen molar-refractivity contribution in [3.63, 3.8) is 0 Å². The van der Waals surface area contributed by atoms with E-state index >= 15 is 0 Å². The molecule has 1 atom stereocenters. The number of rotatable bonds is 8. The molecule has 0 saturated heterocycles. The van der Waals surface area contributed by atoms with Crippen LogP contribution in [-0.2, 0) is 16.4 Å². The van der Waals surface area contributed by atoms with Crippen molar-refractivity contribution in [1.29, 1.82) is 0 Å². The van der Waals surface area contributed by atoms with Crippen LogP contribution in [0, 0.1) is 5.92 Å². The van der Waals surface area contributed by atoms with Gasteiger partial charge in [0, 0.05) is 12.4 Å². The summed E-state index contributed by atoms with van der Waals surface area (Å²) in [6.07, 6.45) is 0.596. The zero-order chi connectivity index (χ0) is 14.3. The first-order valence-electron chi connectivity index (χ1n) is 6.13. The summed E-state index contributed by atoms with van der Waals surface area (Å²) in [7, 11) is -1.66. The Labute approximate surface area is 120 Å². The Bertz CT molecular complexity index is 490. The van der Waals surface area contributed by atoms with E-state index in [0.29, 0.717) is 18.8 Å². The molecule has 1 aromatic rings. The van der Waals surface area contributed by atoms with Crippen LogP contribution in [-0.4, -0.2) is 33.7 Å². The van der Waals surface area contributed by atoms with Crippen molar-refractivity contribution < 1.29 is 13.2 Å². The first kappa shape index (κ1) is 16.3. The fraction of sp³-hybridized carbons (Fsp3) is 0.538. The van der Waals surface area contributed by atoms with E-state index in [1.165, 1.54) is 0 Å². The number of nitrogens with one attached hydrogen (secondary N) is 1. The van der Waals surface area contributed by atoms with E-state index in [4.69, 9.17) is 16.3 Å². The maximum atomic E-state index is 11.7. The molecule has 0 aliphatic carbocycles. The summed E-state index contributed by atoms with van der Waals surface area (Å²) in [5, 5.41) is 0. The third-order valence-electron chi connectivity index (χ3n) is 2.68. The number of ether oxygens (including phenoxy) is 1. The quantitative estimate of drug-likeness (QED) is 0.748. The second-order valence-corrected chi connectivity index (χ2v) is 6.66. The Morgan fingerprint density at radius 3 is 2.68 bits per heavy atom. The lowest BCUT2D eigenvalue weighted by atomic mass is 10.1. The standard InChI is InChI=1S/C13H20ClNO3S/c1-11(9-14)10-19(16,17)15-8-7-12-5-3-4-6-13(12)18-2/h3-6,11,15H,7-10H2,1-2H3. The van der Waals surface area contributed by atoms with E-state index in [1.54, 1.807) is 7.11 Å². The van der Waals surface area contributed by atoms with Crippen LogP contribution >= 0.6 is 11.6 Å². The lowest BCUT2D eigenvalue weighted by molar-refractivity contribution is 0.409. The van der Waals surface area contributed by atoms with Gasteiger partial charge in [0.25, 0.3) is 0 Å². The van der Waals surface area contributed by atoms with Crippen LogP contribution in [0.15, 0.2) is 24.3 Å². The van der Waals surface area contributed by atoms with Gasteiger partial charge < -0.3 is 4.74 Å². The van der Waals surface area contributed by atoms with Gasteiger partial charge >= 0.3 is 0 Å². The Kier molecular flexibility index (Phi) is 6.62. The van der Waals surface area contributed by atoms with E-state index in [0.717, 1.165) is 11.3 Å². The second kappa shape index (κ2) is 7.72. The first-order valence-corrected chi connectivity index (χ1v) is 8.32. The van der Waals surface area contributed by atoms with Gasteiger partial charge in [0.1, 0.15) is 5.75 Å². The van der Waals surface area contributed by atoms with Gasteiger partial charge in [-0.1, -0.05) is 25.1 Å². The van der Waals surface area contributed by atoms with Crippen LogP contribution in [0.5, 0.6) is 5.75 Å². The molecule has 108 valence electrons. The zero-order valence-electron chi connectivity index (χ0n) is 11.2. The molecule has 0 fully saturated rings. The van der Waals surface area contributed by atoms with Crippen molar-refractivity contribution in [2.45, 2.75) is 13.3 Å². The Hall–Kier alpha value is -0.780. The summed E-state index contributed by atoms with van der Waals surface area (Å²) < 4.78 is 31.3. The largest absolute Gasteiger partial charge is 0.496 e. The van der Waals surface area contributed by atoms with Crippen molar-refractivity contribution in [1.82, 2.24) is 4.72 Å². The molecule has 6 heteroatoms. The molecule has 0 amide bonds. The molecular formula is C13H20ClNO3S. The van der Waals surface area contributed by atoms with Crippen LogP contribution in [0.3, 0.4) is 0 Å². The van der Waals surface area contributed by atoms with E-state index in [9.17, 15) is 8.42 Å². The molecule has 0 radical (unpaired) electrons. The molecule has 0 aliphatic heterocycles. The number of benzene rings is 1. The van der Waals surface area contributed by atoms with Crippen LogP contribution in [0.1, 0.15) is 12.5 Å². The summed E-state index contributed by atoms with van der Waals surface area (Å²) in [6.45, 7) is 2.17. The first-order chi connectivity index (χ1) is 8.98. The highest BCUT2D eigenvalue weighted by Gasteiger charge is 2.14. The van der Waals surface area contributed by atoms with Gasteiger partial charge in [-0.3, -0.25) is 0 Å². The van der Waals surface area contributed by atoms with Gasteiger partial charge in [-0.05, 0) is 24.0 Å². The van der Waals surface area contributed by atoms with Crippen molar-refractivity contribution in [2.24, 2.45) is 5.92 Å². The third kappa shape index (κ3) is 5.80. The molecule has 0 aromatic heterocycles. The number of sulfonamides is 1. The van der Waals surface area contributed by atoms with Crippen molar-refractivity contribution in [3.05, 3.63) is 29.8 Å². The lowest BCUT2D eigenvalue weighted by Crippen LogP contribution is -2.31. The van der Waals surface area contributed by atoms with E-state index in [2.05, 4.69) is 4.72 Å². The Morgan fingerprint density at radius 2 is 2.05 bits per heavy atom. The molecule has 19 heavy (non-hydrogen) atoms. The number of methoxy groups -OCH3 is 1. The molecule has 0 spiro atoms. The third-order valence-corrected chi connectivity index (χ3v) is 4.85. The van der Waals surface area contributed by atoms with Crippen molar-refractivity contribution in [3.8, 4) is 5.75 Å². The zero-order valence-corrected chi connectivity index (χ0v) is 12.8. The highest BCUT2D eigenvalue weighted by molar-refractivity contribution is 7.89. The number of hydrogen-bond donors (Lipinski definition) is 1. The fourth-order valence-electron chi connectivity index (χ4n) is 1.73. The highest BCUT2D eigenvalue weighted by atomic mass is 35.5. The van der Waals surface area contributed by atoms with Crippen LogP contribution < -0.4 is 9.46 Å². The van der Waals surface area contributed by atoms with Crippen molar-refractivity contribution >= 4 is 21.6 Å². The Balaban J connectivity index is 2.50. The van der Waals surface area contributed by atoms with E-state index < -0.39 is 10.0 Å². The smallest absolute Gasteiger partial charge is 0.211 e. The van der Waals surface area contributed by atoms with Gasteiger partial charge in [0.2, 0.25) is 10.0 Å². The fourth-order valence-corrected chi connectivity index (χ4v) is 3.37. The summed E-state index contributed by atoms with van der Waals surface area (Å²) >= 11 is 5.62. The minimum Gasteiger partial charge on any atom is -0.496 e. The average molecular weight is 306 g/mol. The number of halogens is 1. The molecule has 0 aliphatic rings. The number of hydrogen-bond acceptors (Lipinski definition) is 3. The lowest BCUT2D eigenvalue weighted by Gasteiger charge is -2.11. The number of alkyl halides is 1. The minimum absolute atomic E-state index is 0.0505. The topological polar surface area (TPSA) is 55.4 Å². The SMILES string of the molecule is COc1ccccc1CCNS(=O)(=O)CC(C)CCl. The predicted octanol–water partition coefficient (Wildman–Crippen LogP) is 2.03. The minimum atomic E-state index is -3.26. The van der Waals surface area contributed by atoms with E-state index in [-0.39, 0.29) is 11.7 Å². The van der Waals surface area contributed by atoms with Gasteiger partial charge in [0.15, 0.2) is 0 Å². The number of para-hydroxylation sites is 1. The van der Waals surface area contributed by atoms with Gasteiger partial charge in [-0.25, -0.2) is 13.1 Å². The van der Waals surface area contributed by atoms with Crippen LogP contribution in [0.25, 0.3) is 0 Å². The predicted molar refractivity (Wildman–Crippen MR) is 78.4 cm³/mol. The summed E-state index contributed by atoms with van der Waals surface area (Å²) in [5.74, 6) is 1.12. The van der Waals surface area contributed by atoms with Gasteiger partial charge in [0.05, 0.1) is 12.9 Å². The van der Waals surface area contributed by atoms with Gasteiger partial charge in [-0.15, -0.1) is 11.6 Å². The average Bonchev–Trinajstić information content (AvgIpc) is 2.38. The normalized spacial score (nSPS) is 13.2. The van der Waals surface area contributed by atoms with Gasteiger partial charge in [-0.2, -0.15) is 0 Å². The molecule has 1 unspecified atom stereocenters. The molecule has 0 bridgehead atoms. The molecule has 4 nitrogen and oxygen atoms in total. The van der Waals surface area contributed by atoms with Crippen LogP contribution in [0.4, 0.5) is 0 Å². The molecule has 0 heterocycles. The molecule has 1 rings (SSSR count). The Morgan fingerprint density at radius 1 is 1.37 bits per heavy atom. The summed E-state index contributed by atoms with van der Waals surface area (Å²) in [5.41, 5.74) is 0.984. The highest BCUT2D eigenvalue weighted by Crippen LogP contribution is 2.17. The maximum Gasteiger partial charge on any atom is 0.211 e. The van der Waals surface area contributed by atoms with Crippen LogP contribution in [0.2, 0.25) is 0 Å². The monoisotopic (exact) mass is 305 g/mol. The summed E-state index contributed by atoms with van der Waals surface area (Å²) in [6, 6.07) is 7.57. The molecular weight excluding hydrogens is 286 g/mol. The molecule has 0 saturated carbocycles.